The van der Waals surface area contributed by atoms with Gasteiger partial charge >= 0.3 is 0 Å². The molecule has 5 heteroatoms. The normalized spacial score (nSPS) is 11.3. The van der Waals surface area contributed by atoms with E-state index in [0.717, 1.165) is 33.5 Å². The van der Waals surface area contributed by atoms with Gasteiger partial charge in [0, 0.05) is 36.3 Å². The van der Waals surface area contributed by atoms with Gasteiger partial charge in [0.15, 0.2) is 0 Å². The summed E-state index contributed by atoms with van der Waals surface area (Å²) < 4.78 is 2.96. The van der Waals surface area contributed by atoms with E-state index in [-0.39, 0.29) is 0 Å². The van der Waals surface area contributed by atoms with Crippen LogP contribution in [-0.4, -0.2) is 21.8 Å². The van der Waals surface area contributed by atoms with Crippen LogP contribution in [0.5, 0.6) is 0 Å². The Labute approximate surface area is 119 Å². The molecule has 4 nitrogen and oxygen atoms in total. The maximum absolute atomic E-state index is 4.63. The van der Waals surface area contributed by atoms with E-state index >= 15 is 0 Å². The van der Waals surface area contributed by atoms with E-state index in [1.165, 1.54) is 5.39 Å². The molecule has 2 N–H and O–H groups in total. The largest absolute Gasteiger partial charge is 0.360 e. The number of aromatic amines is 1. The summed E-state index contributed by atoms with van der Waals surface area (Å²) in [5, 5.41) is 8.99. The third-order valence-electron chi connectivity index (χ3n) is 3.29. The van der Waals surface area contributed by atoms with Crippen LogP contribution < -0.4 is 5.32 Å². The minimum Gasteiger partial charge on any atom is -0.360 e. The number of halogens is 1. The summed E-state index contributed by atoms with van der Waals surface area (Å²) >= 11 is 3.67. The number of fused-ring (bicyclic) bond motifs is 1. The van der Waals surface area contributed by atoms with Crippen molar-refractivity contribution >= 4 is 26.8 Å². The van der Waals surface area contributed by atoms with Gasteiger partial charge in [0.1, 0.15) is 5.69 Å². The maximum atomic E-state index is 4.63. The van der Waals surface area contributed by atoms with E-state index in [0.29, 0.717) is 0 Å². The molecule has 0 amide bonds. The number of nitrogens with zero attached hydrogens (tertiary/aromatic N) is 2. The number of aromatic nitrogens is 3. The summed E-state index contributed by atoms with van der Waals surface area (Å²) in [5.41, 5.74) is 4.37. The molecule has 0 aliphatic carbocycles. The smallest absolute Gasteiger partial charge is 0.109 e. The van der Waals surface area contributed by atoms with E-state index in [1.807, 2.05) is 37.1 Å². The number of nitrogens with one attached hydrogen (secondary N) is 2. The molecule has 0 aliphatic heterocycles. The van der Waals surface area contributed by atoms with Crippen molar-refractivity contribution in [1.82, 2.24) is 20.1 Å². The summed E-state index contributed by atoms with van der Waals surface area (Å²) in [7, 11) is 3.90. The lowest BCUT2D eigenvalue weighted by Gasteiger charge is -2.00. The van der Waals surface area contributed by atoms with Crippen LogP contribution in [0.1, 0.15) is 5.69 Å². The number of rotatable bonds is 3. The molecule has 3 rings (SSSR count). The molecule has 2 heterocycles. The molecular weight excluding hydrogens is 304 g/mol. The molecule has 19 heavy (non-hydrogen) atoms. The standard InChI is InChI=1S/C14H15BrN4/c1-16-8-12-13(15)14(18-19(12)2)10-7-17-11-6-4-3-5-9(10)11/h3-7,16-17H,8H2,1-2H3. The van der Waals surface area contributed by atoms with Gasteiger partial charge in [0.05, 0.1) is 10.2 Å². The van der Waals surface area contributed by atoms with Gasteiger partial charge in [-0.05, 0) is 29.0 Å². The Balaban J connectivity index is 2.19. The fraction of sp³-hybridized carbons (Fsp3) is 0.214. The minimum absolute atomic E-state index is 0.784. The lowest BCUT2D eigenvalue weighted by Crippen LogP contribution is -2.10. The SMILES string of the molecule is CNCc1c(Br)c(-c2c[nH]c3ccccc23)nn1C. The van der Waals surface area contributed by atoms with Gasteiger partial charge in [-0.3, -0.25) is 4.68 Å². The Morgan fingerprint density at radius 3 is 2.95 bits per heavy atom. The zero-order valence-corrected chi connectivity index (χ0v) is 12.5. The second-order valence-electron chi connectivity index (χ2n) is 4.51. The van der Waals surface area contributed by atoms with Crippen molar-refractivity contribution in [1.29, 1.82) is 0 Å². The fourth-order valence-electron chi connectivity index (χ4n) is 2.33. The van der Waals surface area contributed by atoms with Crippen LogP contribution in [0.4, 0.5) is 0 Å². The summed E-state index contributed by atoms with van der Waals surface area (Å²) in [6, 6.07) is 8.26. The van der Waals surface area contributed by atoms with Crippen molar-refractivity contribution in [3.8, 4) is 11.3 Å². The first-order valence-electron chi connectivity index (χ1n) is 6.15. The lowest BCUT2D eigenvalue weighted by molar-refractivity contribution is 0.672. The quantitative estimate of drug-likeness (QED) is 0.779. The summed E-state index contributed by atoms with van der Waals surface area (Å²) in [6.45, 7) is 0.784. The molecule has 1 aromatic carbocycles. The third-order valence-corrected chi connectivity index (χ3v) is 4.12. The number of aryl methyl sites for hydroxylation is 1. The van der Waals surface area contributed by atoms with Crippen molar-refractivity contribution in [3.63, 3.8) is 0 Å². The van der Waals surface area contributed by atoms with Crippen LogP contribution in [0.15, 0.2) is 34.9 Å². The second-order valence-corrected chi connectivity index (χ2v) is 5.30. The topological polar surface area (TPSA) is 45.6 Å². The highest BCUT2D eigenvalue weighted by Gasteiger charge is 2.17. The van der Waals surface area contributed by atoms with E-state index in [2.05, 4.69) is 43.5 Å². The number of H-pyrrole nitrogens is 1. The highest BCUT2D eigenvalue weighted by molar-refractivity contribution is 9.10. The average molecular weight is 319 g/mol. The molecule has 98 valence electrons. The van der Waals surface area contributed by atoms with Crippen molar-refractivity contribution in [3.05, 3.63) is 40.6 Å². The van der Waals surface area contributed by atoms with Crippen LogP contribution >= 0.6 is 15.9 Å². The van der Waals surface area contributed by atoms with E-state index in [1.54, 1.807) is 0 Å². The monoisotopic (exact) mass is 318 g/mol. The lowest BCUT2D eigenvalue weighted by atomic mass is 10.1. The van der Waals surface area contributed by atoms with Gasteiger partial charge in [0.2, 0.25) is 0 Å². The average Bonchev–Trinajstić information content (AvgIpc) is 2.95. The van der Waals surface area contributed by atoms with E-state index < -0.39 is 0 Å². The Bertz CT molecular complexity index is 726. The van der Waals surface area contributed by atoms with E-state index in [9.17, 15) is 0 Å². The molecule has 2 aromatic heterocycles. The van der Waals surface area contributed by atoms with Gasteiger partial charge in [-0.25, -0.2) is 0 Å². The molecule has 0 spiro atoms. The van der Waals surface area contributed by atoms with Crippen molar-refractivity contribution in [2.45, 2.75) is 6.54 Å². The third kappa shape index (κ3) is 1.99. The minimum atomic E-state index is 0.784. The molecule has 0 fully saturated rings. The summed E-state index contributed by atoms with van der Waals surface area (Å²) in [5.74, 6) is 0. The number of para-hydroxylation sites is 1. The molecule has 0 aliphatic rings. The summed E-state index contributed by atoms with van der Waals surface area (Å²) in [6.07, 6.45) is 2.01. The first-order valence-corrected chi connectivity index (χ1v) is 6.94. The molecule has 0 unspecified atom stereocenters. The van der Waals surface area contributed by atoms with Crippen molar-refractivity contribution in [2.75, 3.05) is 7.05 Å². The van der Waals surface area contributed by atoms with Gasteiger partial charge < -0.3 is 10.3 Å². The number of benzene rings is 1. The van der Waals surface area contributed by atoms with Crippen molar-refractivity contribution < 1.29 is 0 Å². The van der Waals surface area contributed by atoms with Gasteiger partial charge in [-0.1, -0.05) is 18.2 Å². The Kier molecular flexibility index (Phi) is 3.16. The van der Waals surface area contributed by atoms with Gasteiger partial charge in [-0.2, -0.15) is 5.10 Å². The molecule has 0 atom stereocenters. The first kappa shape index (κ1) is 12.4. The van der Waals surface area contributed by atoms with Crippen LogP contribution in [0.25, 0.3) is 22.2 Å². The van der Waals surface area contributed by atoms with E-state index in [4.69, 9.17) is 0 Å². The fourth-order valence-corrected chi connectivity index (χ4v) is 3.02. The molecule has 0 radical (unpaired) electrons. The van der Waals surface area contributed by atoms with Crippen LogP contribution in [-0.2, 0) is 13.6 Å². The molecule has 3 aromatic rings. The number of hydrogen-bond acceptors (Lipinski definition) is 2. The van der Waals surface area contributed by atoms with Crippen LogP contribution in [0, 0.1) is 0 Å². The van der Waals surface area contributed by atoms with Crippen LogP contribution in [0.3, 0.4) is 0 Å². The highest BCUT2D eigenvalue weighted by atomic mass is 79.9. The zero-order valence-electron chi connectivity index (χ0n) is 10.9. The summed E-state index contributed by atoms with van der Waals surface area (Å²) in [4.78, 5) is 3.29. The zero-order chi connectivity index (χ0) is 13.4. The molecule has 0 bridgehead atoms. The maximum Gasteiger partial charge on any atom is 0.109 e. The first-order chi connectivity index (χ1) is 9.22. The molecule has 0 saturated heterocycles. The van der Waals surface area contributed by atoms with Gasteiger partial charge in [-0.15, -0.1) is 0 Å². The number of hydrogen-bond donors (Lipinski definition) is 2. The Morgan fingerprint density at radius 2 is 2.16 bits per heavy atom. The predicted octanol–water partition coefficient (Wildman–Crippen LogP) is 3.05. The highest BCUT2D eigenvalue weighted by Crippen LogP contribution is 2.34. The second kappa shape index (κ2) is 4.83. The molecule has 0 saturated carbocycles. The Morgan fingerprint density at radius 1 is 1.37 bits per heavy atom. The molecular formula is C14H15BrN4. The Hall–Kier alpha value is -1.59. The van der Waals surface area contributed by atoms with Crippen LogP contribution in [0.2, 0.25) is 0 Å². The van der Waals surface area contributed by atoms with Crippen molar-refractivity contribution in [2.24, 2.45) is 7.05 Å². The van der Waals surface area contributed by atoms with Gasteiger partial charge in [0.25, 0.3) is 0 Å². The predicted molar refractivity (Wildman–Crippen MR) is 81.0 cm³/mol.